The number of methoxy groups -OCH3 is 1. The summed E-state index contributed by atoms with van der Waals surface area (Å²) in [7, 11) is 1.71. The summed E-state index contributed by atoms with van der Waals surface area (Å²) in [6.45, 7) is 0.744. The first-order chi connectivity index (χ1) is 8.31. The lowest BCUT2D eigenvalue weighted by atomic mass is 10.0. The van der Waals surface area contributed by atoms with Crippen molar-refractivity contribution < 1.29 is 4.74 Å². The van der Waals surface area contributed by atoms with Crippen LogP contribution in [-0.2, 0) is 11.2 Å². The van der Waals surface area contributed by atoms with Crippen LogP contribution in [0.15, 0.2) is 42.7 Å². The number of nitrogen functional groups attached to an aromatic ring is 1. The van der Waals surface area contributed by atoms with Crippen molar-refractivity contribution in [3.8, 4) is 11.1 Å². The second-order valence-corrected chi connectivity index (χ2v) is 3.90. The van der Waals surface area contributed by atoms with Crippen molar-refractivity contribution in [2.45, 2.75) is 6.42 Å². The van der Waals surface area contributed by atoms with Gasteiger partial charge in [-0.3, -0.25) is 4.98 Å². The zero-order valence-electron chi connectivity index (χ0n) is 9.89. The normalized spacial score (nSPS) is 10.4. The van der Waals surface area contributed by atoms with E-state index in [0.717, 1.165) is 29.8 Å². The molecule has 2 N–H and O–H groups in total. The second kappa shape index (κ2) is 5.46. The van der Waals surface area contributed by atoms with Crippen molar-refractivity contribution >= 4 is 5.69 Å². The Labute approximate surface area is 101 Å². The fraction of sp³-hybridized carbons (Fsp3) is 0.214. The molecule has 0 radical (unpaired) electrons. The molecule has 3 heteroatoms. The average molecular weight is 228 g/mol. The van der Waals surface area contributed by atoms with E-state index in [4.69, 9.17) is 10.5 Å². The van der Waals surface area contributed by atoms with E-state index in [0.29, 0.717) is 0 Å². The Morgan fingerprint density at radius 2 is 1.94 bits per heavy atom. The molecule has 0 bridgehead atoms. The Kier molecular flexibility index (Phi) is 3.73. The minimum absolute atomic E-state index is 0.744. The molecule has 0 saturated carbocycles. The Hall–Kier alpha value is -1.87. The number of anilines is 1. The SMILES string of the molecule is COCCc1ccc(-c2cnccc2N)cc1. The quantitative estimate of drug-likeness (QED) is 0.874. The third-order valence-corrected chi connectivity index (χ3v) is 2.71. The maximum atomic E-state index is 5.91. The van der Waals surface area contributed by atoms with Crippen LogP contribution in [0.2, 0.25) is 0 Å². The van der Waals surface area contributed by atoms with Gasteiger partial charge in [0.25, 0.3) is 0 Å². The summed E-state index contributed by atoms with van der Waals surface area (Å²) >= 11 is 0. The molecule has 0 spiro atoms. The van der Waals surface area contributed by atoms with Gasteiger partial charge in [-0.2, -0.15) is 0 Å². The molecule has 0 unspecified atom stereocenters. The Morgan fingerprint density at radius 3 is 2.59 bits per heavy atom. The Bertz CT molecular complexity index is 480. The molecule has 0 fully saturated rings. The molecule has 0 saturated heterocycles. The maximum Gasteiger partial charge on any atom is 0.0502 e. The Balaban J connectivity index is 2.21. The van der Waals surface area contributed by atoms with Gasteiger partial charge in [-0.25, -0.2) is 0 Å². The molecule has 0 aliphatic carbocycles. The van der Waals surface area contributed by atoms with Crippen LogP contribution in [0.4, 0.5) is 5.69 Å². The van der Waals surface area contributed by atoms with E-state index >= 15 is 0 Å². The number of ether oxygens (including phenoxy) is 1. The van der Waals surface area contributed by atoms with Crippen molar-refractivity contribution in [2.24, 2.45) is 0 Å². The molecular formula is C14H16N2O. The first-order valence-electron chi connectivity index (χ1n) is 5.59. The Morgan fingerprint density at radius 1 is 1.18 bits per heavy atom. The molecule has 0 aliphatic heterocycles. The molecule has 0 aliphatic rings. The lowest BCUT2D eigenvalue weighted by Gasteiger charge is -2.06. The zero-order valence-corrected chi connectivity index (χ0v) is 9.89. The molecule has 2 aromatic rings. The molecule has 0 amide bonds. The second-order valence-electron chi connectivity index (χ2n) is 3.90. The molecule has 3 nitrogen and oxygen atoms in total. The number of hydrogen-bond donors (Lipinski definition) is 1. The van der Waals surface area contributed by atoms with Crippen LogP contribution < -0.4 is 5.73 Å². The molecule has 17 heavy (non-hydrogen) atoms. The monoisotopic (exact) mass is 228 g/mol. The molecule has 1 aromatic carbocycles. The maximum absolute atomic E-state index is 5.91. The van der Waals surface area contributed by atoms with Gasteiger partial charge < -0.3 is 10.5 Å². The summed E-state index contributed by atoms with van der Waals surface area (Å²) in [5.74, 6) is 0. The zero-order chi connectivity index (χ0) is 12.1. The number of rotatable bonds is 4. The smallest absolute Gasteiger partial charge is 0.0502 e. The van der Waals surface area contributed by atoms with Crippen LogP contribution in [-0.4, -0.2) is 18.7 Å². The highest BCUT2D eigenvalue weighted by Gasteiger charge is 2.02. The van der Waals surface area contributed by atoms with Crippen LogP contribution >= 0.6 is 0 Å². The lowest BCUT2D eigenvalue weighted by Crippen LogP contribution is -1.94. The molecule has 2 rings (SSSR count). The van der Waals surface area contributed by atoms with Gasteiger partial charge >= 0.3 is 0 Å². The van der Waals surface area contributed by atoms with Crippen molar-refractivity contribution in [3.63, 3.8) is 0 Å². The summed E-state index contributed by atoms with van der Waals surface area (Å²) in [5.41, 5.74) is 10.00. The highest BCUT2D eigenvalue weighted by molar-refractivity contribution is 5.75. The lowest BCUT2D eigenvalue weighted by molar-refractivity contribution is 0.202. The third-order valence-electron chi connectivity index (χ3n) is 2.71. The van der Waals surface area contributed by atoms with Gasteiger partial charge in [0.15, 0.2) is 0 Å². The molecule has 1 heterocycles. The van der Waals surface area contributed by atoms with E-state index in [-0.39, 0.29) is 0 Å². The van der Waals surface area contributed by atoms with Crippen LogP contribution in [0, 0.1) is 0 Å². The fourth-order valence-electron chi connectivity index (χ4n) is 1.72. The molecule has 88 valence electrons. The van der Waals surface area contributed by atoms with Gasteiger partial charge in [-0.1, -0.05) is 24.3 Å². The average Bonchev–Trinajstić information content (AvgIpc) is 2.38. The minimum Gasteiger partial charge on any atom is -0.398 e. The van der Waals surface area contributed by atoms with Crippen LogP contribution in [0.1, 0.15) is 5.56 Å². The fourth-order valence-corrected chi connectivity index (χ4v) is 1.72. The first-order valence-corrected chi connectivity index (χ1v) is 5.59. The summed E-state index contributed by atoms with van der Waals surface area (Å²) in [6.07, 6.45) is 4.42. The van der Waals surface area contributed by atoms with Crippen molar-refractivity contribution in [2.75, 3.05) is 19.5 Å². The summed E-state index contributed by atoms with van der Waals surface area (Å²) in [5, 5.41) is 0. The largest absolute Gasteiger partial charge is 0.398 e. The number of hydrogen-bond acceptors (Lipinski definition) is 3. The summed E-state index contributed by atoms with van der Waals surface area (Å²) in [6, 6.07) is 10.1. The van der Waals surface area contributed by atoms with Crippen molar-refractivity contribution in [1.29, 1.82) is 0 Å². The number of nitrogens with zero attached hydrogens (tertiary/aromatic N) is 1. The standard InChI is InChI=1S/C14H16N2O/c1-17-9-7-11-2-4-12(5-3-11)13-10-16-8-6-14(13)15/h2-6,8,10H,7,9H2,1H3,(H2,15,16). The van der Waals surface area contributed by atoms with Crippen molar-refractivity contribution in [1.82, 2.24) is 4.98 Å². The van der Waals surface area contributed by atoms with Gasteiger partial charge in [0.1, 0.15) is 0 Å². The number of benzene rings is 1. The van der Waals surface area contributed by atoms with E-state index in [9.17, 15) is 0 Å². The predicted octanol–water partition coefficient (Wildman–Crippen LogP) is 2.52. The van der Waals surface area contributed by atoms with Crippen LogP contribution in [0.5, 0.6) is 0 Å². The molecular weight excluding hydrogens is 212 g/mol. The van der Waals surface area contributed by atoms with E-state index in [1.807, 2.05) is 6.07 Å². The highest BCUT2D eigenvalue weighted by Crippen LogP contribution is 2.24. The third kappa shape index (κ3) is 2.82. The number of nitrogens with two attached hydrogens (primary N) is 1. The number of pyridine rings is 1. The first kappa shape index (κ1) is 11.6. The summed E-state index contributed by atoms with van der Waals surface area (Å²) < 4.78 is 5.05. The number of aromatic nitrogens is 1. The van der Waals surface area contributed by atoms with Gasteiger partial charge in [-0.15, -0.1) is 0 Å². The van der Waals surface area contributed by atoms with Gasteiger partial charge in [0, 0.05) is 30.8 Å². The van der Waals surface area contributed by atoms with Gasteiger partial charge in [0.2, 0.25) is 0 Å². The van der Waals surface area contributed by atoms with E-state index in [1.54, 1.807) is 19.5 Å². The van der Waals surface area contributed by atoms with Gasteiger partial charge in [0.05, 0.1) is 6.61 Å². The van der Waals surface area contributed by atoms with E-state index in [2.05, 4.69) is 29.2 Å². The van der Waals surface area contributed by atoms with Gasteiger partial charge in [-0.05, 0) is 23.6 Å². The topological polar surface area (TPSA) is 48.1 Å². The van der Waals surface area contributed by atoms with Crippen molar-refractivity contribution in [3.05, 3.63) is 48.3 Å². The van der Waals surface area contributed by atoms with Crippen LogP contribution in [0.3, 0.4) is 0 Å². The highest BCUT2D eigenvalue weighted by atomic mass is 16.5. The minimum atomic E-state index is 0.744. The van der Waals surface area contributed by atoms with E-state index < -0.39 is 0 Å². The van der Waals surface area contributed by atoms with E-state index in [1.165, 1.54) is 5.56 Å². The molecule has 1 aromatic heterocycles. The predicted molar refractivity (Wildman–Crippen MR) is 69.7 cm³/mol. The summed E-state index contributed by atoms with van der Waals surface area (Å²) in [4.78, 5) is 4.09. The molecule has 0 atom stereocenters. The van der Waals surface area contributed by atoms with Crippen LogP contribution in [0.25, 0.3) is 11.1 Å².